The first-order valence-corrected chi connectivity index (χ1v) is 8.08. The molecule has 0 amide bonds. The Labute approximate surface area is 132 Å². The molecule has 0 N–H and O–H groups in total. The molecule has 0 atom stereocenters. The summed E-state index contributed by atoms with van der Waals surface area (Å²) >= 11 is 7.59. The Hall–Kier alpha value is -1.65. The van der Waals surface area contributed by atoms with Crippen LogP contribution >= 0.6 is 22.9 Å². The highest BCUT2D eigenvalue weighted by Gasteiger charge is 2.18. The van der Waals surface area contributed by atoms with Crippen LogP contribution in [-0.4, -0.2) is 15.6 Å². The van der Waals surface area contributed by atoms with Gasteiger partial charge in [-0.25, -0.2) is 0 Å². The molecule has 5 heteroatoms. The Kier molecular flexibility index (Phi) is 3.83. The molecule has 0 bridgehead atoms. The third kappa shape index (κ3) is 2.49. The molecule has 3 nitrogen and oxygen atoms in total. The van der Waals surface area contributed by atoms with Crippen LogP contribution in [0.3, 0.4) is 0 Å². The van der Waals surface area contributed by atoms with Crippen LogP contribution in [0.4, 0.5) is 0 Å². The van der Waals surface area contributed by atoms with Gasteiger partial charge in [0, 0.05) is 11.9 Å². The van der Waals surface area contributed by atoms with Crippen molar-refractivity contribution in [3.8, 4) is 0 Å². The minimum absolute atomic E-state index is 0.0320. The van der Waals surface area contributed by atoms with Crippen molar-refractivity contribution in [2.24, 2.45) is 0 Å². The molecule has 2 aromatic heterocycles. The van der Waals surface area contributed by atoms with Crippen molar-refractivity contribution in [1.82, 2.24) is 9.78 Å². The predicted octanol–water partition coefficient (Wildman–Crippen LogP) is 4.50. The standard InChI is InChI=1S/C16H15ClN2OS/c1-3-19-13-7-5-4-6-11(13)12(18-19)8-14(20)16-15(17)10(2)9-21-16/h4-7,9H,3,8H2,1-2H3. The monoisotopic (exact) mass is 318 g/mol. The molecule has 0 spiro atoms. The predicted molar refractivity (Wildman–Crippen MR) is 87.5 cm³/mol. The Morgan fingerprint density at radius 3 is 2.81 bits per heavy atom. The molecule has 108 valence electrons. The van der Waals surface area contributed by atoms with E-state index >= 15 is 0 Å². The van der Waals surface area contributed by atoms with E-state index in [0.29, 0.717) is 9.90 Å². The topological polar surface area (TPSA) is 34.9 Å². The summed E-state index contributed by atoms with van der Waals surface area (Å²) in [5, 5.41) is 8.09. The van der Waals surface area contributed by atoms with E-state index in [1.807, 2.05) is 48.2 Å². The number of benzene rings is 1. The first kappa shape index (κ1) is 14.3. The number of hydrogen-bond donors (Lipinski definition) is 0. The van der Waals surface area contributed by atoms with Gasteiger partial charge in [0.15, 0.2) is 5.78 Å². The van der Waals surface area contributed by atoms with Crippen LogP contribution in [0.5, 0.6) is 0 Å². The third-order valence-corrected chi connectivity index (χ3v) is 5.25. The van der Waals surface area contributed by atoms with Crippen molar-refractivity contribution in [3.63, 3.8) is 0 Å². The highest BCUT2D eigenvalue weighted by molar-refractivity contribution is 7.13. The van der Waals surface area contributed by atoms with Crippen molar-refractivity contribution >= 4 is 39.6 Å². The molecule has 0 saturated carbocycles. The summed E-state index contributed by atoms with van der Waals surface area (Å²) in [5.41, 5.74) is 2.84. The number of hydrogen-bond acceptors (Lipinski definition) is 3. The second-order valence-electron chi connectivity index (χ2n) is 4.94. The Morgan fingerprint density at radius 1 is 1.38 bits per heavy atom. The number of carbonyl (C=O) groups excluding carboxylic acids is 1. The molecular formula is C16H15ClN2OS. The summed E-state index contributed by atoms with van der Waals surface area (Å²) in [6.45, 7) is 4.74. The lowest BCUT2D eigenvalue weighted by atomic mass is 10.1. The summed E-state index contributed by atoms with van der Waals surface area (Å²) in [5.74, 6) is 0.0320. The molecule has 3 aromatic rings. The number of Topliss-reactive ketones (excluding diaryl/α,β-unsaturated/α-hetero) is 1. The van der Waals surface area contributed by atoms with Crippen LogP contribution in [0, 0.1) is 6.92 Å². The van der Waals surface area contributed by atoms with E-state index in [-0.39, 0.29) is 12.2 Å². The minimum atomic E-state index is 0.0320. The van der Waals surface area contributed by atoms with E-state index in [4.69, 9.17) is 11.6 Å². The number of aromatic nitrogens is 2. The average molecular weight is 319 g/mol. The van der Waals surface area contributed by atoms with Crippen LogP contribution in [0.2, 0.25) is 5.02 Å². The zero-order valence-electron chi connectivity index (χ0n) is 11.9. The number of rotatable bonds is 4. The van der Waals surface area contributed by atoms with Gasteiger partial charge in [0.05, 0.1) is 27.5 Å². The van der Waals surface area contributed by atoms with Gasteiger partial charge in [0.25, 0.3) is 0 Å². The van der Waals surface area contributed by atoms with Crippen LogP contribution < -0.4 is 0 Å². The molecular weight excluding hydrogens is 304 g/mol. The summed E-state index contributed by atoms with van der Waals surface area (Å²) in [4.78, 5) is 13.1. The van der Waals surface area contributed by atoms with Gasteiger partial charge in [-0.3, -0.25) is 9.48 Å². The molecule has 3 rings (SSSR count). The third-order valence-electron chi connectivity index (χ3n) is 3.51. The number of aryl methyl sites for hydroxylation is 2. The number of fused-ring (bicyclic) bond motifs is 1. The van der Waals surface area contributed by atoms with Crippen molar-refractivity contribution in [2.45, 2.75) is 26.8 Å². The highest BCUT2D eigenvalue weighted by Crippen LogP contribution is 2.29. The van der Waals surface area contributed by atoms with Gasteiger partial charge in [-0.2, -0.15) is 5.10 Å². The van der Waals surface area contributed by atoms with Crippen LogP contribution in [0.1, 0.15) is 27.9 Å². The van der Waals surface area contributed by atoms with Crippen LogP contribution in [0.15, 0.2) is 29.6 Å². The number of thiophene rings is 1. The van der Waals surface area contributed by atoms with Crippen molar-refractivity contribution in [1.29, 1.82) is 0 Å². The zero-order valence-corrected chi connectivity index (χ0v) is 13.5. The Bertz CT molecular complexity index is 819. The largest absolute Gasteiger partial charge is 0.293 e. The molecule has 0 radical (unpaired) electrons. The summed E-state index contributed by atoms with van der Waals surface area (Å²) in [6, 6.07) is 8.00. The minimum Gasteiger partial charge on any atom is -0.293 e. The molecule has 0 aliphatic carbocycles. The van der Waals surface area contributed by atoms with Gasteiger partial charge in [-0.15, -0.1) is 11.3 Å². The molecule has 0 aliphatic heterocycles. The maximum atomic E-state index is 12.5. The van der Waals surface area contributed by atoms with Gasteiger partial charge in [0.1, 0.15) is 0 Å². The molecule has 2 heterocycles. The summed E-state index contributed by atoms with van der Waals surface area (Å²) in [6.07, 6.45) is 0.285. The lowest BCUT2D eigenvalue weighted by Crippen LogP contribution is -2.04. The smallest absolute Gasteiger partial charge is 0.180 e. The first-order chi connectivity index (χ1) is 10.1. The Balaban J connectivity index is 1.98. The second kappa shape index (κ2) is 5.62. The van der Waals surface area contributed by atoms with Crippen LogP contribution in [-0.2, 0) is 13.0 Å². The zero-order chi connectivity index (χ0) is 15.0. The molecule has 0 saturated heterocycles. The number of para-hydroxylation sites is 1. The van der Waals surface area contributed by atoms with Crippen molar-refractivity contribution < 1.29 is 4.79 Å². The van der Waals surface area contributed by atoms with Gasteiger partial charge in [-0.05, 0) is 30.9 Å². The van der Waals surface area contributed by atoms with Gasteiger partial charge in [0.2, 0.25) is 0 Å². The summed E-state index contributed by atoms with van der Waals surface area (Å²) in [7, 11) is 0. The van der Waals surface area contributed by atoms with E-state index in [0.717, 1.165) is 28.7 Å². The maximum Gasteiger partial charge on any atom is 0.180 e. The molecule has 21 heavy (non-hydrogen) atoms. The first-order valence-electron chi connectivity index (χ1n) is 6.83. The molecule has 1 aromatic carbocycles. The highest BCUT2D eigenvalue weighted by atomic mass is 35.5. The van der Waals surface area contributed by atoms with Crippen molar-refractivity contribution in [2.75, 3.05) is 0 Å². The number of nitrogens with zero attached hydrogens (tertiary/aromatic N) is 2. The molecule has 0 unspecified atom stereocenters. The number of carbonyl (C=O) groups is 1. The fourth-order valence-electron chi connectivity index (χ4n) is 2.42. The van der Waals surface area contributed by atoms with E-state index in [9.17, 15) is 4.79 Å². The molecule has 0 fully saturated rings. The summed E-state index contributed by atoms with van der Waals surface area (Å²) < 4.78 is 1.93. The van der Waals surface area contributed by atoms with E-state index in [1.54, 1.807) is 0 Å². The number of halogens is 1. The van der Waals surface area contributed by atoms with Gasteiger partial charge < -0.3 is 0 Å². The van der Waals surface area contributed by atoms with Gasteiger partial charge in [-0.1, -0.05) is 29.8 Å². The lowest BCUT2D eigenvalue weighted by molar-refractivity contribution is 0.0996. The average Bonchev–Trinajstić information content (AvgIpc) is 3.01. The lowest BCUT2D eigenvalue weighted by Gasteiger charge is -1.98. The maximum absolute atomic E-state index is 12.5. The van der Waals surface area contributed by atoms with Crippen LogP contribution in [0.25, 0.3) is 10.9 Å². The normalized spacial score (nSPS) is 11.2. The van der Waals surface area contributed by atoms with Crippen molar-refractivity contribution in [3.05, 3.63) is 50.8 Å². The number of ketones is 1. The van der Waals surface area contributed by atoms with Gasteiger partial charge >= 0.3 is 0 Å². The van der Waals surface area contributed by atoms with E-state index < -0.39 is 0 Å². The second-order valence-corrected chi connectivity index (χ2v) is 6.20. The SMILES string of the molecule is CCn1nc(CC(=O)c2scc(C)c2Cl)c2ccccc21. The molecule has 0 aliphatic rings. The fourth-order valence-corrected chi connectivity index (χ4v) is 3.66. The Morgan fingerprint density at radius 2 is 2.14 bits per heavy atom. The van der Waals surface area contributed by atoms with E-state index in [2.05, 4.69) is 5.10 Å². The fraction of sp³-hybridized carbons (Fsp3) is 0.250. The quantitative estimate of drug-likeness (QED) is 0.664. The van der Waals surface area contributed by atoms with E-state index in [1.165, 1.54) is 11.3 Å².